The number of aliphatic hydroxyl groups is 1. The standard InChI is InChI=1S/C19H23N5O3.C19H23N5O2.C18H21N5O3S/c1-11(2)27-18-4-13-12(6-20-18)7-21-19(13)14-5-17(23-10-22-14)24-8-15(25)16(9-24)26-3;1-12(2)26-18-6-15-14(8-20-18)9-21-19(15)16-7-17(23-11-22-16)24-4-5-25-13(3)10-24;1-11(2)26-17-4-14-12(6-19-17)7-20-18(14)15-5-16(22-10-21-15)23-8-13(9-23)27(3,24)25/h4-6,10-11,15-16,25H,7-9H2,1-3H3;6-8,11-13H,4-5,9-10H2,1-3H3;4-6,10-11,13H,7-9H2,1-3H3/t15-,16-;13-;/m01./s1. The van der Waals surface area contributed by atoms with Gasteiger partial charge in [0, 0.05) is 141 Å². The summed E-state index contributed by atoms with van der Waals surface area (Å²) in [4.78, 5) is 59.5. The topological polar surface area (TPSA) is 263 Å². The molecule has 6 aromatic rings. The number of anilines is 3. The van der Waals surface area contributed by atoms with Crippen molar-refractivity contribution < 1.29 is 37.2 Å². The summed E-state index contributed by atoms with van der Waals surface area (Å²) in [6.45, 7) is 20.0. The van der Waals surface area contributed by atoms with E-state index in [4.69, 9.17) is 23.7 Å². The predicted molar refractivity (Wildman–Crippen MR) is 302 cm³/mol. The number of hydrogen-bond donors (Lipinski definition) is 1. The molecule has 6 aliphatic rings. The Kier molecular flexibility index (Phi) is 16.7. The number of methoxy groups -OCH3 is 1. The van der Waals surface area contributed by atoms with Crippen LogP contribution in [0.1, 0.15) is 98.9 Å². The number of nitrogens with zero attached hydrogens (tertiary/aromatic N) is 15. The highest BCUT2D eigenvalue weighted by Gasteiger charge is 2.36. The number of pyridine rings is 3. The van der Waals surface area contributed by atoms with E-state index in [1.807, 2.05) is 100 Å². The molecular formula is C56H67N15O8S. The molecule has 6 aliphatic heterocycles. The summed E-state index contributed by atoms with van der Waals surface area (Å²) in [6.07, 6.45) is 11.0. The number of rotatable bonds is 14. The normalized spacial score (nSPS) is 19.3. The van der Waals surface area contributed by atoms with Gasteiger partial charge in [0.1, 0.15) is 42.5 Å². The maximum atomic E-state index is 11.6. The summed E-state index contributed by atoms with van der Waals surface area (Å²) in [6, 6.07) is 11.5. The van der Waals surface area contributed by atoms with Crippen molar-refractivity contribution in [2.24, 2.45) is 15.0 Å². The minimum absolute atomic E-state index is 0.0391. The van der Waals surface area contributed by atoms with E-state index in [1.54, 1.807) is 19.6 Å². The molecule has 0 radical (unpaired) electrons. The van der Waals surface area contributed by atoms with Gasteiger partial charge < -0.3 is 43.5 Å². The number of aliphatic hydroxyl groups excluding tert-OH is 1. The molecule has 24 heteroatoms. The average molecular weight is 1110 g/mol. The lowest BCUT2D eigenvalue weighted by Crippen LogP contribution is -2.54. The summed E-state index contributed by atoms with van der Waals surface area (Å²) in [7, 11) is -1.41. The molecule has 3 atom stereocenters. The summed E-state index contributed by atoms with van der Waals surface area (Å²) >= 11 is 0. The first-order valence-corrected chi connectivity index (χ1v) is 28.8. The lowest BCUT2D eigenvalue weighted by Gasteiger charge is -2.38. The van der Waals surface area contributed by atoms with Gasteiger partial charge in [-0.1, -0.05) is 0 Å². The largest absolute Gasteiger partial charge is 0.475 e. The van der Waals surface area contributed by atoms with Gasteiger partial charge in [0.2, 0.25) is 17.6 Å². The monoisotopic (exact) mass is 1110 g/mol. The molecule has 0 unspecified atom stereocenters. The van der Waals surface area contributed by atoms with Gasteiger partial charge in [-0.05, 0) is 48.5 Å². The lowest BCUT2D eigenvalue weighted by molar-refractivity contribution is 0.0217. The molecule has 3 saturated heterocycles. The molecule has 0 aliphatic carbocycles. The Labute approximate surface area is 465 Å². The van der Waals surface area contributed by atoms with Gasteiger partial charge in [0.25, 0.3) is 0 Å². The van der Waals surface area contributed by atoms with Gasteiger partial charge in [0.05, 0.1) is 96.2 Å². The summed E-state index contributed by atoms with van der Waals surface area (Å²) < 4.78 is 51.3. The highest BCUT2D eigenvalue weighted by Crippen LogP contribution is 2.31. The first kappa shape index (κ1) is 55.6. The molecule has 12 heterocycles. The van der Waals surface area contributed by atoms with E-state index >= 15 is 0 Å². The molecule has 1 N–H and O–H groups in total. The molecule has 12 rings (SSSR count). The maximum absolute atomic E-state index is 11.6. The Morgan fingerprint density at radius 1 is 0.550 bits per heavy atom. The minimum Gasteiger partial charge on any atom is -0.475 e. The van der Waals surface area contributed by atoms with Crippen molar-refractivity contribution in [2.75, 3.05) is 73.9 Å². The summed E-state index contributed by atoms with van der Waals surface area (Å²) in [5.41, 5.74) is 10.9. The lowest BCUT2D eigenvalue weighted by atomic mass is 10.1. The maximum Gasteiger partial charge on any atom is 0.214 e. The van der Waals surface area contributed by atoms with Crippen LogP contribution >= 0.6 is 0 Å². The number of hydrogen-bond acceptors (Lipinski definition) is 23. The fourth-order valence-electron chi connectivity index (χ4n) is 9.80. The zero-order chi connectivity index (χ0) is 56.2. The molecule has 0 saturated carbocycles. The van der Waals surface area contributed by atoms with E-state index in [0.29, 0.717) is 81.6 Å². The molecule has 0 spiro atoms. The predicted octanol–water partition coefficient (Wildman–Crippen LogP) is 4.68. The van der Waals surface area contributed by atoms with E-state index in [1.165, 1.54) is 18.9 Å². The van der Waals surface area contributed by atoms with Crippen molar-refractivity contribution >= 4 is 44.4 Å². The first-order valence-electron chi connectivity index (χ1n) is 26.8. The van der Waals surface area contributed by atoms with Crippen molar-refractivity contribution in [3.05, 3.63) is 124 Å². The van der Waals surface area contributed by atoms with Crippen molar-refractivity contribution in [2.45, 2.75) is 110 Å². The van der Waals surface area contributed by atoms with Crippen LogP contribution in [-0.2, 0) is 38.9 Å². The number of β-amino-alcohol motifs (C(OH)–C–C–N with tert-alkyl or cyclic N) is 1. The summed E-state index contributed by atoms with van der Waals surface area (Å²) in [5, 5.41) is 9.75. The molecule has 23 nitrogen and oxygen atoms in total. The number of ether oxygens (including phenoxy) is 5. The van der Waals surface area contributed by atoms with Crippen LogP contribution in [0.15, 0.2) is 88.9 Å². The fourth-order valence-corrected chi connectivity index (χ4v) is 10.7. The second-order valence-electron chi connectivity index (χ2n) is 21.0. The number of morpholine rings is 1. The van der Waals surface area contributed by atoms with Crippen LogP contribution in [-0.4, -0.2) is 177 Å². The van der Waals surface area contributed by atoms with E-state index in [0.717, 1.165) is 86.6 Å². The van der Waals surface area contributed by atoms with E-state index in [9.17, 15) is 13.5 Å². The van der Waals surface area contributed by atoms with E-state index < -0.39 is 15.9 Å². The molecule has 6 aromatic heterocycles. The molecule has 0 aromatic carbocycles. The molecule has 420 valence electrons. The van der Waals surface area contributed by atoms with Gasteiger partial charge in [0.15, 0.2) is 9.84 Å². The average Bonchev–Trinajstić information content (AvgIpc) is 4.25. The van der Waals surface area contributed by atoms with Gasteiger partial charge in [-0.15, -0.1) is 0 Å². The highest BCUT2D eigenvalue weighted by atomic mass is 32.2. The van der Waals surface area contributed by atoms with Crippen LogP contribution in [0.3, 0.4) is 0 Å². The zero-order valence-corrected chi connectivity index (χ0v) is 47.3. The van der Waals surface area contributed by atoms with Crippen LogP contribution in [0, 0.1) is 0 Å². The second-order valence-corrected chi connectivity index (χ2v) is 23.4. The van der Waals surface area contributed by atoms with Crippen molar-refractivity contribution in [3.8, 4) is 17.6 Å². The molecule has 0 bridgehead atoms. The smallest absolute Gasteiger partial charge is 0.214 e. The Morgan fingerprint density at radius 3 is 1.31 bits per heavy atom. The second kappa shape index (κ2) is 24.0. The SMILES string of the molecule is CC(C)Oc1cc2c(cn1)CN=C2c1cc(N2CC(S(C)(=O)=O)C2)ncn1.CC(C)Oc1cc2c(cn1)CN=C2c1cc(N2CCO[C@H](C)C2)ncn1.CO[C@H]1CN(c2cc(C3=NCc4cnc(OC(C)C)cc43)ncn2)C[C@@H]1O. The van der Waals surface area contributed by atoms with Crippen molar-refractivity contribution in [1.82, 2.24) is 44.9 Å². The van der Waals surface area contributed by atoms with Gasteiger partial charge in [-0.25, -0.2) is 53.3 Å². The Balaban J connectivity index is 0.000000135. The Morgan fingerprint density at radius 2 is 0.950 bits per heavy atom. The van der Waals surface area contributed by atoms with Crippen LogP contribution in [0.4, 0.5) is 17.5 Å². The molecule has 0 amide bonds. The first-order chi connectivity index (χ1) is 38.5. The van der Waals surface area contributed by atoms with Crippen LogP contribution in [0.2, 0.25) is 0 Å². The van der Waals surface area contributed by atoms with Gasteiger partial charge in [-0.3, -0.25) is 15.0 Å². The third kappa shape index (κ3) is 12.8. The van der Waals surface area contributed by atoms with Gasteiger partial charge in [-0.2, -0.15) is 0 Å². The van der Waals surface area contributed by atoms with Gasteiger partial charge >= 0.3 is 0 Å². The van der Waals surface area contributed by atoms with Crippen molar-refractivity contribution in [3.63, 3.8) is 0 Å². The number of aliphatic imine (C=N–C) groups is 3. The molecular weight excluding hydrogens is 1040 g/mol. The van der Waals surface area contributed by atoms with E-state index in [-0.39, 0.29) is 35.8 Å². The molecule has 80 heavy (non-hydrogen) atoms. The van der Waals surface area contributed by atoms with Crippen molar-refractivity contribution in [1.29, 1.82) is 0 Å². The fraction of sp³-hybridized carbons (Fsp3) is 0.464. The summed E-state index contributed by atoms with van der Waals surface area (Å²) in [5.74, 6) is 4.13. The minimum atomic E-state index is -3.02. The van der Waals surface area contributed by atoms with Crippen LogP contribution < -0.4 is 28.9 Å². The number of fused-ring (bicyclic) bond motifs is 3. The third-order valence-corrected chi connectivity index (χ3v) is 15.3. The number of aromatic nitrogens is 9. The van der Waals surface area contributed by atoms with Crippen LogP contribution in [0.5, 0.6) is 17.6 Å². The van der Waals surface area contributed by atoms with Crippen LogP contribution in [0.25, 0.3) is 0 Å². The number of sulfone groups is 1. The highest BCUT2D eigenvalue weighted by molar-refractivity contribution is 7.91. The molecule has 3 fully saturated rings. The quantitative estimate of drug-likeness (QED) is 0.155. The Hall–Kier alpha value is -7.67. The zero-order valence-electron chi connectivity index (χ0n) is 46.5. The van der Waals surface area contributed by atoms with E-state index in [2.05, 4.69) is 71.7 Å². The Bertz CT molecular complexity index is 3430. The third-order valence-electron chi connectivity index (χ3n) is 13.8.